The molecule has 0 amide bonds. The molecule has 0 bridgehead atoms. The van der Waals surface area contributed by atoms with E-state index in [4.69, 9.17) is 0 Å². The monoisotopic (exact) mass is 209 g/mol. The Morgan fingerprint density at radius 3 is 2.73 bits per heavy atom. The molecule has 88 valence electrons. The van der Waals surface area contributed by atoms with Crippen LogP contribution in [0.4, 0.5) is 0 Å². The number of rotatable bonds is 5. The van der Waals surface area contributed by atoms with Gasteiger partial charge in [0.05, 0.1) is 0 Å². The lowest BCUT2D eigenvalue weighted by Crippen LogP contribution is -2.23. The van der Waals surface area contributed by atoms with Crippen LogP contribution in [-0.4, -0.2) is 13.1 Å². The molecule has 3 atom stereocenters. The van der Waals surface area contributed by atoms with Crippen LogP contribution in [0.25, 0.3) is 0 Å². The second-order valence-corrected chi connectivity index (χ2v) is 6.33. The number of nitrogens with one attached hydrogen (secondary N) is 1. The lowest BCUT2D eigenvalue weighted by molar-refractivity contribution is 0.414. The van der Waals surface area contributed by atoms with Gasteiger partial charge in [0.1, 0.15) is 0 Å². The standard InChI is InChI=1S/C14H27N/c1-4-12-5-6-14(7-12)8-13(14)10-15-9-11(2)3/h11-13,15H,4-10H2,1-3H3. The van der Waals surface area contributed by atoms with E-state index in [1.807, 2.05) is 0 Å². The highest BCUT2D eigenvalue weighted by Crippen LogP contribution is 2.64. The molecule has 15 heavy (non-hydrogen) atoms. The van der Waals surface area contributed by atoms with Gasteiger partial charge in [-0.1, -0.05) is 27.2 Å². The highest BCUT2D eigenvalue weighted by atomic mass is 14.9. The summed E-state index contributed by atoms with van der Waals surface area (Å²) in [5.41, 5.74) is 0.810. The Hall–Kier alpha value is -0.0400. The number of hydrogen-bond acceptors (Lipinski definition) is 1. The van der Waals surface area contributed by atoms with Crippen molar-refractivity contribution in [3.63, 3.8) is 0 Å². The van der Waals surface area contributed by atoms with Crippen LogP contribution in [-0.2, 0) is 0 Å². The first-order chi connectivity index (χ1) is 7.16. The van der Waals surface area contributed by atoms with E-state index in [1.165, 1.54) is 45.2 Å². The maximum absolute atomic E-state index is 3.63. The van der Waals surface area contributed by atoms with E-state index in [2.05, 4.69) is 26.1 Å². The highest BCUT2D eigenvalue weighted by molar-refractivity contribution is 5.07. The predicted octanol–water partition coefficient (Wildman–Crippen LogP) is 3.45. The summed E-state index contributed by atoms with van der Waals surface area (Å²) in [6.07, 6.45) is 7.51. The first-order valence-corrected chi connectivity index (χ1v) is 6.87. The van der Waals surface area contributed by atoms with Crippen molar-refractivity contribution in [1.82, 2.24) is 5.32 Å². The molecule has 1 spiro atoms. The fourth-order valence-electron chi connectivity index (χ4n) is 3.44. The minimum atomic E-state index is 0.798. The molecule has 2 saturated carbocycles. The fourth-order valence-corrected chi connectivity index (χ4v) is 3.44. The van der Waals surface area contributed by atoms with Gasteiger partial charge < -0.3 is 5.32 Å². The molecular formula is C14H27N. The Balaban J connectivity index is 1.67. The van der Waals surface area contributed by atoms with Crippen molar-refractivity contribution in [3.05, 3.63) is 0 Å². The lowest BCUT2D eigenvalue weighted by atomic mass is 9.98. The molecule has 0 radical (unpaired) electrons. The molecule has 0 aliphatic heterocycles. The van der Waals surface area contributed by atoms with Gasteiger partial charge in [-0.2, -0.15) is 0 Å². The van der Waals surface area contributed by atoms with Crippen molar-refractivity contribution < 1.29 is 0 Å². The molecule has 0 saturated heterocycles. The van der Waals surface area contributed by atoms with Crippen LogP contribution in [0.2, 0.25) is 0 Å². The van der Waals surface area contributed by atoms with Gasteiger partial charge >= 0.3 is 0 Å². The summed E-state index contributed by atoms with van der Waals surface area (Å²) in [5.74, 6) is 2.87. The Labute approximate surface area is 95.0 Å². The zero-order valence-electron chi connectivity index (χ0n) is 10.7. The Morgan fingerprint density at radius 1 is 1.33 bits per heavy atom. The summed E-state index contributed by atoms with van der Waals surface area (Å²) >= 11 is 0. The predicted molar refractivity (Wildman–Crippen MR) is 65.9 cm³/mol. The van der Waals surface area contributed by atoms with Gasteiger partial charge in [0.25, 0.3) is 0 Å². The molecule has 0 heterocycles. The van der Waals surface area contributed by atoms with Crippen LogP contribution in [0.5, 0.6) is 0 Å². The van der Waals surface area contributed by atoms with Crippen LogP contribution in [0, 0.1) is 23.2 Å². The number of hydrogen-bond donors (Lipinski definition) is 1. The van der Waals surface area contributed by atoms with Gasteiger partial charge in [-0.05, 0) is 61.9 Å². The molecule has 0 aromatic carbocycles. The van der Waals surface area contributed by atoms with Gasteiger partial charge in [0, 0.05) is 0 Å². The summed E-state index contributed by atoms with van der Waals surface area (Å²) in [7, 11) is 0. The summed E-state index contributed by atoms with van der Waals surface area (Å²) < 4.78 is 0. The van der Waals surface area contributed by atoms with Crippen molar-refractivity contribution in [1.29, 1.82) is 0 Å². The average Bonchev–Trinajstić information content (AvgIpc) is 2.69. The van der Waals surface area contributed by atoms with Crippen LogP contribution in [0.1, 0.15) is 52.9 Å². The SMILES string of the molecule is CCC1CCC2(C1)CC2CNCC(C)C. The zero-order valence-corrected chi connectivity index (χ0v) is 10.7. The van der Waals surface area contributed by atoms with Gasteiger partial charge in [-0.25, -0.2) is 0 Å². The Morgan fingerprint density at radius 2 is 2.13 bits per heavy atom. The summed E-state index contributed by atoms with van der Waals surface area (Å²) in [5, 5.41) is 3.63. The molecule has 1 nitrogen and oxygen atoms in total. The molecule has 0 aromatic rings. The maximum atomic E-state index is 3.63. The smallest absolute Gasteiger partial charge is 0.00149 e. The summed E-state index contributed by atoms with van der Waals surface area (Å²) in [4.78, 5) is 0. The third kappa shape index (κ3) is 2.55. The minimum absolute atomic E-state index is 0.798. The van der Waals surface area contributed by atoms with Gasteiger partial charge in [0.15, 0.2) is 0 Å². The van der Waals surface area contributed by atoms with E-state index in [1.54, 1.807) is 0 Å². The normalized spacial score (nSPS) is 39.2. The molecule has 1 heteroatoms. The molecule has 2 aliphatic rings. The van der Waals surface area contributed by atoms with E-state index in [0.717, 1.165) is 23.2 Å². The van der Waals surface area contributed by atoms with Crippen LogP contribution < -0.4 is 5.32 Å². The maximum Gasteiger partial charge on any atom is -0.00149 e. The average molecular weight is 209 g/mol. The highest BCUT2D eigenvalue weighted by Gasteiger charge is 2.56. The first-order valence-electron chi connectivity index (χ1n) is 6.87. The zero-order chi connectivity index (χ0) is 10.9. The van der Waals surface area contributed by atoms with Crippen LogP contribution in [0.3, 0.4) is 0 Å². The van der Waals surface area contributed by atoms with E-state index < -0.39 is 0 Å². The van der Waals surface area contributed by atoms with Crippen molar-refractivity contribution >= 4 is 0 Å². The fraction of sp³-hybridized carbons (Fsp3) is 1.00. The molecule has 2 aliphatic carbocycles. The molecular weight excluding hydrogens is 182 g/mol. The van der Waals surface area contributed by atoms with E-state index in [-0.39, 0.29) is 0 Å². The molecule has 3 unspecified atom stereocenters. The third-order valence-electron chi connectivity index (χ3n) is 4.63. The van der Waals surface area contributed by atoms with Crippen LogP contribution >= 0.6 is 0 Å². The minimum Gasteiger partial charge on any atom is -0.316 e. The molecule has 2 rings (SSSR count). The topological polar surface area (TPSA) is 12.0 Å². The van der Waals surface area contributed by atoms with Crippen LogP contribution in [0.15, 0.2) is 0 Å². The summed E-state index contributed by atoms with van der Waals surface area (Å²) in [6, 6.07) is 0. The van der Waals surface area contributed by atoms with E-state index >= 15 is 0 Å². The first kappa shape index (κ1) is 11.4. The second-order valence-electron chi connectivity index (χ2n) is 6.33. The van der Waals surface area contributed by atoms with Crippen molar-refractivity contribution in [2.75, 3.05) is 13.1 Å². The lowest BCUT2D eigenvalue weighted by Gasteiger charge is -2.11. The van der Waals surface area contributed by atoms with Crippen molar-refractivity contribution in [2.45, 2.75) is 52.9 Å². The third-order valence-corrected chi connectivity index (χ3v) is 4.63. The van der Waals surface area contributed by atoms with E-state index in [0.29, 0.717) is 0 Å². The summed E-state index contributed by atoms with van der Waals surface area (Å²) in [6.45, 7) is 9.42. The van der Waals surface area contributed by atoms with Crippen molar-refractivity contribution in [3.8, 4) is 0 Å². The largest absolute Gasteiger partial charge is 0.316 e. The Bertz CT molecular complexity index is 211. The van der Waals surface area contributed by atoms with Gasteiger partial charge in [0.2, 0.25) is 0 Å². The molecule has 0 aromatic heterocycles. The molecule has 1 N–H and O–H groups in total. The van der Waals surface area contributed by atoms with Crippen molar-refractivity contribution in [2.24, 2.45) is 23.2 Å². The van der Waals surface area contributed by atoms with E-state index in [9.17, 15) is 0 Å². The molecule has 2 fully saturated rings. The van der Waals surface area contributed by atoms with Gasteiger partial charge in [-0.3, -0.25) is 0 Å². The van der Waals surface area contributed by atoms with Gasteiger partial charge in [-0.15, -0.1) is 0 Å². The Kier molecular flexibility index (Phi) is 3.39. The quantitative estimate of drug-likeness (QED) is 0.731. The second kappa shape index (κ2) is 4.45.